The average Bonchev–Trinajstić information content (AvgIpc) is 2.64. The Bertz CT molecular complexity index is 805. The van der Waals surface area contributed by atoms with E-state index in [0.29, 0.717) is 11.3 Å². The van der Waals surface area contributed by atoms with Gasteiger partial charge in [0.1, 0.15) is 0 Å². The number of carbonyl (C=O) groups excluding carboxylic acids is 1. The molecule has 0 atom stereocenters. The molecule has 2 aromatic carbocycles. The molecule has 0 saturated heterocycles. The highest BCUT2D eigenvalue weighted by molar-refractivity contribution is 9.10. The Morgan fingerprint density at radius 3 is 2.12 bits per heavy atom. The summed E-state index contributed by atoms with van der Waals surface area (Å²) in [6.45, 7) is 0. The van der Waals surface area contributed by atoms with Crippen LogP contribution < -0.4 is 5.43 Å². The number of amides is 1. The van der Waals surface area contributed by atoms with Gasteiger partial charge in [0.2, 0.25) is 0 Å². The third-order valence-corrected chi connectivity index (χ3v) is 3.91. The van der Waals surface area contributed by atoms with Crippen LogP contribution in [0.25, 0.3) is 0 Å². The van der Waals surface area contributed by atoms with E-state index in [0.717, 1.165) is 15.6 Å². The van der Waals surface area contributed by atoms with Gasteiger partial charge in [0.25, 0.3) is 5.91 Å². The van der Waals surface area contributed by atoms with Gasteiger partial charge < -0.3 is 0 Å². The summed E-state index contributed by atoms with van der Waals surface area (Å²) in [5, 5.41) is 4.34. The van der Waals surface area contributed by atoms with Gasteiger partial charge in [-0.15, -0.1) is 0 Å². The number of nitrogens with one attached hydrogen (secondary N) is 1. The topological polar surface area (TPSA) is 54.4 Å². The van der Waals surface area contributed by atoms with Gasteiger partial charge in [-0.3, -0.25) is 9.78 Å². The molecule has 5 heteroatoms. The Balaban J connectivity index is 1.90. The van der Waals surface area contributed by atoms with Crippen LogP contribution in [0.5, 0.6) is 0 Å². The Labute approximate surface area is 148 Å². The standard InChI is InChI=1S/C19H14BrN3O/c20-17-8-6-16(7-9-17)19(24)23-22-18(14-4-2-1-3-5-14)15-10-12-21-13-11-15/h1-13H,(H,23,24). The van der Waals surface area contributed by atoms with Gasteiger partial charge >= 0.3 is 0 Å². The molecule has 0 radical (unpaired) electrons. The Morgan fingerprint density at radius 1 is 0.833 bits per heavy atom. The van der Waals surface area contributed by atoms with Crippen LogP contribution in [0, 0.1) is 0 Å². The molecule has 1 heterocycles. The number of aromatic nitrogens is 1. The average molecular weight is 380 g/mol. The summed E-state index contributed by atoms with van der Waals surface area (Å²) in [5.74, 6) is -0.259. The number of pyridine rings is 1. The second-order valence-electron chi connectivity index (χ2n) is 5.01. The highest BCUT2D eigenvalue weighted by atomic mass is 79.9. The summed E-state index contributed by atoms with van der Waals surface area (Å²) in [4.78, 5) is 16.3. The summed E-state index contributed by atoms with van der Waals surface area (Å²) in [6.07, 6.45) is 3.40. The zero-order valence-corrected chi connectivity index (χ0v) is 14.3. The lowest BCUT2D eigenvalue weighted by molar-refractivity contribution is 0.0955. The van der Waals surface area contributed by atoms with Crippen molar-refractivity contribution in [2.75, 3.05) is 0 Å². The summed E-state index contributed by atoms with van der Waals surface area (Å²) in [5.41, 5.74) is 5.66. The SMILES string of the molecule is O=C(NN=C(c1ccccc1)c1ccncc1)c1ccc(Br)cc1. The summed E-state index contributed by atoms with van der Waals surface area (Å²) in [6, 6.07) is 20.5. The molecule has 0 fully saturated rings. The Morgan fingerprint density at radius 2 is 1.46 bits per heavy atom. The lowest BCUT2D eigenvalue weighted by atomic mass is 10.0. The lowest BCUT2D eigenvalue weighted by Crippen LogP contribution is -2.20. The largest absolute Gasteiger partial charge is 0.271 e. The Hall–Kier alpha value is -2.79. The van der Waals surface area contributed by atoms with Crippen molar-refractivity contribution in [2.45, 2.75) is 0 Å². The first-order valence-electron chi connectivity index (χ1n) is 7.33. The van der Waals surface area contributed by atoms with E-state index in [1.165, 1.54) is 0 Å². The van der Waals surface area contributed by atoms with Crippen LogP contribution in [0.4, 0.5) is 0 Å². The molecule has 0 aliphatic carbocycles. The molecule has 3 rings (SSSR count). The zero-order chi connectivity index (χ0) is 16.8. The number of halogens is 1. The van der Waals surface area contributed by atoms with E-state index >= 15 is 0 Å². The van der Waals surface area contributed by atoms with Crippen LogP contribution in [0.15, 0.2) is 88.7 Å². The van der Waals surface area contributed by atoms with Crippen LogP contribution in [-0.4, -0.2) is 16.6 Å². The van der Waals surface area contributed by atoms with E-state index in [9.17, 15) is 4.79 Å². The molecule has 0 unspecified atom stereocenters. The predicted octanol–water partition coefficient (Wildman–Crippen LogP) is 4.03. The van der Waals surface area contributed by atoms with Crippen molar-refractivity contribution < 1.29 is 4.79 Å². The van der Waals surface area contributed by atoms with E-state index in [1.54, 1.807) is 24.5 Å². The molecule has 1 amide bonds. The maximum absolute atomic E-state index is 12.3. The van der Waals surface area contributed by atoms with Gasteiger partial charge in [-0.1, -0.05) is 46.3 Å². The van der Waals surface area contributed by atoms with Gasteiger partial charge in [0.15, 0.2) is 0 Å². The first-order chi connectivity index (χ1) is 11.7. The molecule has 0 bridgehead atoms. The van der Waals surface area contributed by atoms with E-state index in [2.05, 4.69) is 31.4 Å². The molecular weight excluding hydrogens is 366 g/mol. The number of nitrogens with zero attached hydrogens (tertiary/aromatic N) is 2. The molecule has 0 saturated carbocycles. The van der Waals surface area contributed by atoms with Crippen LogP contribution >= 0.6 is 15.9 Å². The van der Waals surface area contributed by atoms with Gasteiger partial charge in [0.05, 0.1) is 5.71 Å². The van der Waals surface area contributed by atoms with Crippen molar-refractivity contribution in [2.24, 2.45) is 5.10 Å². The van der Waals surface area contributed by atoms with E-state index < -0.39 is 0 Å². The van der Waals surface area contributed by atoms with E-state index in [-0.39, 0.29) is 5.91 Å². The van der Waals surface area contributed by atoms with Gasteiger partial charge in [-0.25, -0.2) is 5.43 Å². The minimum Gasteiger partial charge on any atom is -0.267 e. The van der Waals surface area contributed by atoms with Crippen molar-refractivity contribution >= 4 is 27.5 Å². The highest BCUT2D eigenvalue weighted by Gasteiger charge is 2.09. The number of hydrazone groups is 1. The van der Waals surface area contributed by atoms with Crippen molar-refractivity contribution in [3.05, 3.63) is 100 Å². The number of hydrogen-bond donors (Lipinski definition) is 1. The number of hydrogen-bond acceptors (Lipinski definition) is 3. The van der Waals surface area contributed by atoms with Crippen LogP contribution in [0.2, 0.25) is 0 Å². The second-order valence-corrected chi connectivity index (χ2v) is 5.93. The summed E-state index contributed by atoms with van der Waals surface area (Å²) in [7, 11) is 0. The fourth-order valence-electron chi connectivity index (χ4n) is 2.17. The molecule has 1 N–H and O–H groups in total. The molecule has 0 spiro atoms. The number of benzene rings is 2. The molecular formula is C19H14BrN3O. The first kappa shape index (κ1) is 16.1. The van der Waals surface area contributed by atoms with Gasteiger partial charge in [-0.05, 0) is 36.4 Å². The zero-order valence-electron chi connectivity index (χ0n) is 12.7. The Kier molecular flexibility index (Phi) is 5.13. The molecule has 0 aliphatic heterocycles. The molecule has 0 aliphatic rings. The van der Waals surface area contributed by atoms with E-state index in [4.69, 9.17) is 0 Å². The van der Waals surface area contributed by atoms with Gasteiger partial charge in [0, 0.05) is 33.6 Å². The van der Waals surface area contributed by atoms with Crippen molar-refractivity contribution in [3.63, 3.8) is 0 Å². The third kappa shape index (κ3) is 3.94. The fraction of sp³-hybridized carbons (Fsp3) is 0. The predicted molar refractivity (Wildman–Crippen MR) is 97.9 cm³/mol. The minimum absolute atomic E-state index is 0.259. The number of carbonyl (C=O) groups is 1. The van der Waals surface area contributed by atoms with Crippen LogP contribution in [0.1, 0.15) is 21.5 Å². The van der Waals surface area contributed by atoms with E-state index in [1.807, 2.05) is 54.6 Å². The third-order valence-electron chi connectivity index (χ3n) is 3.38. The number of rotatable bonds is 4. The quantitative estimate of drug-likeness (QED) is 0.549. The summed E-state index contributed by atoms with van der Waals surface area (Å²) < 4.78 is 0.921. The smallest absolute Gasteiger partial charge is 0.267 e. The summed E-state index contributed by atoms with van der Waals surface area (Å²) >= 11 is 3.35. The second kappa shape index (κ2) is 7.66. The van der Waals surface area contributed by atoms with Crippen molar-refractivity contribution in [1.82, 2.24) is 10.4 Å². The lowest BCUT2D eigenvalue weighted by Gasteiger charge is -2.08. The first-order valence-corrected chi connectivity index (χ1v) is 8.13. The highest BCUT2D eigenvalue weighted by Crippen LogP contribution is 2.12. The maximum atomic E-state index is 12.3. The van der Waals surface area contributed by atoms with Gasteiger partial charge in [-0.2, -0.15) is 5.10 Å². The molecule has 118 valence electrons. The van der Waals surface area contributed by atoms with Crippen molar-refractivity contribution in [3.8, 4) is 0 Å². The van der Waals surface area contributed by atoms with Crippen molar-refractivity contribution in [1.29, 1.82) is 0 Å². The molecule has 1 aromatic heterocycles. The maximum Gasteiger partial charge on any atom is 0.271 e. The minimum atomic E-state index is -0.259. The molecule has 24 heavy (non-hydrogen) atoms. The van der Waals surface area contributed by atoms with Crippen LogP contribution in [-0.2, 0) is 0 Å². The van der Waals surface area contributed by atoms with Crippen LogP contribution in [0.3, 0.4) is 0 Å². The monoisotopic (exact) mass is 379 g/mol. The normalized spacial score (nSPS) is 11.1. The fourth-order valence-corrected chi connectivity index (χ4v) is 2.44. The molecule has 3 aromatic rings. The molecule has 4 nitrogen and oxygen atoms in total.